The van der Waals surface area contributed by atoms with Crippen LogP contribution in [0.4, 0.5) is 5.95 Å². The van der Waals surface area contributed by atoms with Crippen molar-refractivity contribution in [2.24, 2.45) is 5.14 Å². The van der Waals surface area contributed by atoms with Crippen LogP contribution in [0.25, 0.3) is 11.0 Å². The summed E-state index contributed by atoms with van der Waals surface area (Å²) in [6, 6.07) is 9.92. The van der Waals surface area contributed by atoms with E-state index in [1.807, 2.05) is 6.07 Å². The van der Waals surface area contributed by atoms with Gasteiger partial charge in [0.15, 0.2) is 0 Å². The van der Waals surface area contributed by atoms with E-state index < -0.39 is 10.0 Å². The third-order valence-corrected chi connectivity index (χ3v) is 5.34. The van der Waals surface area contributed by atoms with E-state index in [0.29, 0.717) is 23.6 Å². The van der Waals surface area contributed by atoms with Crippen LogP contribution in [0.3, 0.4) is 0 Å². The summed E-state index contributed by atoms with van der Waals surface area (Å²) >= 11 is 6.01. The average Bonchev–Trinajstić information content (AvgIpc) is 3.44. The molecule has 1 aromatic carbocycles. The number of rotatable bonds is 5. The van der Waals surface area contributed by atoms with Gasteiger partial charge in [-0.1, -0.05) is 23.7 Å². The van der Waals surface area contributed by atoms with E-state index in [9.17, 15) is 8.42 Å². The summed E-state index contributed by atoms with van der Waals surface area (Å²) in [6.45, 7) is 0.460. The largest absolute Gasteiger partial charge is 0.350 e. The molecule has 0 amide bonds. The Labute approximate surface area is 155 Å². The number of aromatic nitrogens is 3. The molecule has 1 aliphatic rings. The molecule has 0 atom stereocenters. The molecular weight excluding hydrogens is 374 g/mol. The lowest BCUT2D eigenvalue weighted by Gasteiger charge is -2.10. The van der Waals surface area contributed by atoms with Crippen LogP contribution in [-0.4, -0.2) is 23.4 Å². The van der Waals surface area contributed by atoms with E-state index in [2.05, 4.69) is 20.3 Å². The number of nitrogens with one attached hydrogen (secondary N) is 1. The first-order valence-corrected chi connectivity index (χ1v) is 10.0. The third kappa shape index (κ3) is 3.62. The number of sulfonamides is 1. The molecular formula is C17H16ClN5O2S. The topological polar surface area (TPSA) is 111 Å². The van der Waals surface area contributed by atoms with Gasteiger partial charge in [-0.3, -0.25) is 0 Å². The van der Waals surface area contributed by atoms with Crippen LogP contribution in [0, 0.1) is 0 Å². The maximum atomic E-state index is 11.3. The summed E-state index contributed by atoms with van der Waals surface area (Å²) in [5.74, 6) is 0.917. The van der Waals surface area contributed by atoms with Crippen molar-refractivity contribution in [3.63, 3.8) is 0 Å². The van der Waals surface area contributed by atoms with E-state index in [1.54, 1.807) is 18.2 Å². The lowest BCUT2D eigenvalue weighted by atomic mass is 10.2. The fourth-order valence-corrected chi connectivity index (χ4v) is 3.37. The number of pyridine rings is 1. The lowest BCUT2D eigenvalue weighted by molar-refractivity contribution is 0.598. The molecule has 3 N–H and O–H groups in total. The SMILES string of the molecule is NS(=O)(=O)c1ccc(CNc2nc(C3CC3)c3nc(Cl)ccc3n2)cc1. The van der Waals surface area contributed by atoms with Gasteiger partial charge in [0.2, 0.25) is 16.0 Å². The van der Waals surface area contributed by atoms with Gasteiger partial charge in [-0.15, -0.1) is 0 Å². The van der Waals surface area contributed by atoms with Gasteiger partial charge in [0.25, 0.3) is 0 Å². The molecule has 7 nitrogen and oxygen atoms in total. The Kier molecular flexibility index (Phi) is 4.26. The van der Waals surface area contributed by atoms with Crippen LogP contribution in [0.1, 0.15) is 30.0 Å². The number of anilines is 1. The van der Waals surface area contributed by atoms with Crippen molar-refractivity contribution in [1.29, 1.82) is 0 Å². The highest BCUT2D eigenvalue weighted by molar-refractivity contribution is 7.89. The van der Waals surface area contributed by atoms with Crippen molar-refractivity contribution in [1.82, 2.24) is 15.0 Å². The minimum atomic E-state index is -3.69. The van der Waals surface area contributed by atoms with E-state index in [4.69, 9.17) is 16.7 Å². The first-order valence-electron chi connectivity index (χ1n) is 8.10. The first kappa shape index (κ1) is 17.1. The molecule has 9 heteroatoms. The molecule has 0 aliphatic heterocycles. The molecule has 2 aromatic heterocycles. The Morgan fingerprint density at radius 3 is 2.46 bits per heavy atom. The highest BCUT2D eigenvalue weighted by atomic mass is 35.5. The molecule has 134 valence electrons. The fraction of sp³-hybridized carbons (Fsp3) is 0.235. The Bertz CT molecular complexity index is 1080. The normalized spacial score (nSPS) is 14.5. The second kappa shape index (κ2) is 6.46. The highest BCUT2D eigenvalue weighted by Crippen LogP contribution is 2.41. The molecule has 0 unspecified atom stereocenters. The van der Waals surface area contributed by atoms with E-state index in [-0.39, 0.29) is 4.90 Å². The van der Waals surface area contributed by atoms with Gasteiger partial charge in [-0.2, -0.15) is 0 Å². The number of hydrogen-bond acceptors (Lipinski definition) is 6. The Balaban J connectivity index is 1.58. The van der Waals surface area contributed by atoms with Gasteiger partial charge >= 0.3 is 0 Å². The number of halogens is 1. The highest BCUT2D eigenvalue weighted by Gasteiger charge is 2.28. The number of primary sulfonamides is 1. The molecule has 0 saturated heterocycles. The maximum absolute atomic E-state index is 11.3. The molecule has 0 radical (unpaired) electrons. The smallest absolute Gasteiger partial charge is 0.238 e. The Hall–Kier alpha value is -2.29. The van der Waals surface area contributed by atoms with Crippen LogP contribution in [0.5, 0.6) is 0 Å². The van der Waals surface area contributed by atoms with Crippen LogP contribution in [0.2, 0.25) is 5.15 Å². The second-order valence-electron chi connectivity index (χ2n) is 6.25. The zero-order valence-electron chi connectivity index (χ0n) is 13.7. The quantitative estimate of drug-likeness (QED) is 0.649. The number of fused-ring (bicyclic) bond motifs is 1. The minimum absolute atomic E-state index is 0.0853. The van der Waals surface area contributed by atoms with Crippen LogP contribution in [-0.2, 0) is 16.6 Å². The summed E-state index contributed by atoms with van der Waals surface area (Å²) in [5.41, 5.74) is 3.31. The Morgan fingerprint density at radius 2 is 1.81 bits per heavy atom. The zero-order chi connectivity index (χ0) is 18.3. The van der Waals surface area contributed by atoms with Crippen LogP contribution in [0.15, 0.2) is 41.3 Å². The lowest BCUT2D eigenvalue weighted by Crippen LogP contribution is -2.12. The van der Waals surface area contributed by atoms with Crippen molar-refractivity contribution in [3.8, 4) is 0 Å². The van der Waals surface area contributed by atoms with Gasteiger partial charge in [0.1, 0.15) is 10.7 Å². The molecule has 4 rings (SSSR count). The van der Waals surface area contributed by atoms with Gasteiger partial charge in [0.05, 0.1) is 16.1 Å². The van der Waals surface area contributed by atoms with E-state index in [0.717, 1.165) is 35.1 Å². The fourth-order valence-electron chi connectivity index (χ4n) is 2.71. The summed E-state index contributed by atoms with van der Waals surface area (Å²) < 4.78 is 22.6. The number of nitrogens with zero attached hydrogens (tertiary/aromatic N) is 3. The molecule has 1 saturated carbocycles. The molecule has 2 heterocycles. The number of hydrogen-bond donors (Lipinski definition) is 2. The standard InChI is InChI=1S/C17H16ClN5O2S/c18-14-8-7-13-16(22-14)15(11-3-4-11)23-17(21-13)20-9-10-1-5-12(6-2-10)26(19,24)25/h1-2,5-8,11H,3-4,9H2,(H2,19,24,25)(H,20,21,23). The molecule has 3 aromatic rings. The van der Waals surface area contributed by atoms with Gasteiger partial charge < -0.3 is 5.32 Å². The average molecular weight is 390 g/mol. The Morgan fingerprint density at radius 1 is 1.08 bits per heavy atom. The van der Waals surface area contributed by atoms with Gasteiger partial charge in [0, 0.05) is 12.5 Å². The van der Waals surface area contributed by atoms with Crippen molar-refractivity contribution in [2.45, 2.75) is 30.2 Å². The minimum Gasteiger partial charge on any atom is -0.350 e. The van der Waals surface area contributed by atoms with Gasteiger partial charge in [-0.05, 0) is 42.7 Å². The third-order valence-electron chi connectivity index (χ3n) is 4.20. The van der Waals surface area contributed by atoms with Crippen molar-refractivity contribution < 1.29 is 8.42 Å². The maximum Gasteiger partial charge on any atom is 0.238 e. The van der Waals surface area contributed by atoms with Crippen LogP contribution >= 0.6 is 11.6 Å². The molecule has 1 fully saturated rings. The predicted molar refractivity (Wildman–Crippen MR) is 99.5 cm³/mol. The van der Waals surface area contributed by atoms with Gasteiger partial charge in [-0.25, -0.2) is 28.5 Å². The number of benzene rings is 1. The monoisotopic (exact) mass is 389 g/mol. The summed E-state index contributed by atoms with van der Waals surface area (Å²) in [6.07, 6.45) is 2.18. The molecule has 1 aliphatic carbocycles. The molecule has 0 bridgehead atoms. The first-order chi connectivity index (χ1) is 12.4. The number of nitrogens with two attached hydrogens (primary N) is 1. The predicted octanol–water partition coefficient (Wildman–Crippen LogP) is 2.82. The van der Waals surface area contributed by atoms with E-state index >= 15 is 0 Å². The van der Waals surface area contributed by atoms with Crippen molar-refractivity contribution in [2.75, 3.05) is 5.32 Å². The van der Waals surface area contributed by atoms with E-state index in [1.165, 1.54) is 12.1 Å². The van der Waals surface area contributed by atoms with Crippen molar-refractivity contribution in [3.05, 3.63) is 52.8 Å². The zero-order valence-corrected chi connectivity index (χ0v) is 15.3. The second-order valence-corrected chi connectivity index (χ2v) is 8.20. The van der Waals surface area contributed by atoms with Crippen LogP contribution < -0.4 is 10.5 Å². The molecule has 0 spiro atoms. The molecule has 26 heavy (non-hydrogen) atoms. The summed E-state index contributed by atoms with van der Waals surface area (Å²) in [5, 5.41) is 8.72. The summed E-state index contributed by atoms with van der Waals surface area (Å²) in [7, 11) is -3.69. The van der Waals surface area contributed by atoms with Crippen molar-refractivity contribution >= 4 is 38.6 Å². The summed E-state index contributed by atoms with van der Waals surface area (Å²) in [4.78, 5) is 13.6.